The molecule has 0 radical (unpaired) electrons. The number of aryl methyl sites for hydroxylation is 1. The largest absolute Gasteiger partial charge is 0.339 e. The zero-order chi connectivity index (χ0) is 15.5. The van der Waals surface area contributed by atoms with Gasteiger partial charge in [0, 0.05) is 37.0 Å². The first-order valence-corrected chi connectivity index (χ1v) is 8.82. The molecule has 23 heavy (non-hydrogen) atoms. The van der Waals surface area contributed by atoms with Crippen molar-refractivity contribution in [2.24, 2.45) is 5.92 Å². The summed E-state index contributed by atoms with van der Waals surface area (Å²) in [7, 11) is 0. The number of thiophene rings is 1. The summed E-state index contributed by atoms with van der Waals surface area (Å²) in [5, 5.41) is 3.29. The van der Waals surface area contributed by atoms with Crippen LogP contribution >= 0.6 is 23.7 Å². The minimum Gasteiger partial charge on any atom is -0.339 e. The van der Waals surface area contributed by atoms with Gasteiger partial charge < -0.3 is 15.1 Å². The van der Waals surface area contributed by atoms with E-state index in [2.05, 4.69) is 5.32 Å². The lowest BCUT2D eigenvalue weighted by atomic mass is 9.96. The Morgan fingerprint density at radius 1 is 1.09 bits per heavy atom. The van der Waals surface area contributed by atoms with Gasteiger partial charge in [-0.1, -0.05) is 0 Å². The van der Waals surface area contributed by atoms with E-state index in [9.17, 15) is 9.59 Å². The molecule has 2 aliphatic heterocycles. The molecule has 0 aromatic carbocycles. The van der Waals surface area contributed by atoms with Crippen molar-refractivity contribution >= 4 is 35.6 Å². The number of rotatable bonds is 2. The first kappa shape index (κ1) is 18.2. The second-order valence-electron chi connectivity index (χ2n) is 6.05. The van der Waals surface area contributed by atoms with E-state index in [1.54, 1.807) is 11.3 Å². The SMILES string of the molecule is Cc1ccc(C(=O)N2CCN(C(=O)C3CCNCC3)CC2)s1.Cl. The highest BCUT2D eigenvalue weighted by molar-refractivity contribution is 7.13. The number of amides is 2. The average molecular weight is 358 g/mol. The Labute approximate surface area is 147 Å². The summed E-state index contributed by atoms with van der Waals surface area (Å²) >= 11 is 1.54. The standard InChI is InChI=1S/C16H23N3O2S.ClH/c1-12-2-3-14(22-12)16(21)19-10-8-18(9-11-19)15(20)13-4-6-17-7-5-13;/h2-3,13,17H,4-11H2,1H3;1H. The first-order chi connectivity index (χ1) is 10.6. The predicted octanol–water partition coefficient (Wildman–Crippen LogP) is 1.76. The van der Waals surface area contributed by atoms with Crippen LogP contribution in [0.5, 0.6) is 0 Å². The molecular formula is C16H24ClN3O2S. The van der Waals surface area contributed by atoms with Crippen molar-refractivity contribution in [3.63, 3.8) is 0 Å². The zero-order valence-electron chi connectivity index (χ0n) is 13.4. The lowest BCUT2D eigenvalue weighted by molar-refractivity contribution is -0.137. The molecule has 128 valence electrons. The molecule has 0 spiro atoms. The van der Waals surface area contributed by atoms with Crippen LogP contribution in [0.3, 0.4) is 0 Å². The molecule has 1 aromatic heterocycles. The van der Waals surface area contributed by atoms with Crippen LogP contribution in [0.25, 0.3) is 0 Å². The Bertz CT molecular complexity index is 549. The van der Waals surface area contributed by atoms with E-state index < -0.39 is 0 Å². The zero-order valence-corrected chi connectivity index (χ0v) is 15.0. The number of nitrogens with one attached hydrogen (secondary N) is 1. The minimum absolute atomic E-state index is 0. The number of carbonyl (C=O) groups excluding carboxylic acids is 2. The number of piperazine rings is 1. The van der Waals surface area contributed by atoms with Gasteiger partial charge in [0.25, 0.3) is 5.91 Å². The van der Waals surface area contributed by atoms with Gasteiger partial charge in [-0.25, -0.2) is 0 Å². The number of halogens is 1. The number of carbonyl (C=O) groups is 2. The smallest absolute Gasteiger partial charge is 0.264 e. The summed E-state index contributed by atoms with van der Waals surface area (Å²) in [5.41, 5.74) is 0. The summed E-state index contributed by atoms with van der Waals surface area (Å²) in [5.74, 6) is 0.552. The van der Waals surface area contributed by atoms with Gasteiger partial charge in [-0.05, 0) is 45.0 Å². The normalized spacial score (nSPS) is 19.3. The van der Waals surface area contributed by atoms with E-state index >= 15 is 0 Å². The molecule has 2 amide bonds. The van der Waals surface area contributed by atoms with E-state index in [1.807, 2.05) is 28.9 Å². The highest BCUT2D eigenvalue weighted by atomic mass is 35.5. The van der Waals surface area contributed by atoms with E-state index in [0.29, 0.717) is 26.2 Å². The van der Waals surface area contributed by atoms with Gasteiger partial charge in [0.05, 0.1) is 4.88 Å². The average Bonchev–Trinajstić information content (AvgIpc) is 3.01. The van der Waals surface area contributed by atoms with Crippen molar-refractivity contribution < 1.29 is 9.59 Å². The minimum atomic E-state index is 0. The van der Waals surface area contributed by atoms with Gasteiger partial charge >= 0.3 is 0 Å². The maximum Gasteiger partial charge on any atom is 0.264 e. The van der Waals surface area contributed by atoms with Crippen molar-refractivity contribution in [1.82, 2.24) is 15.1 Å². The highest BCUT2D eigenvalue weighted by Gasteiger charge is 2.30. The number of nitrogens with zero attached hydrogens (tertiary/aromatic N) is 2. The molecule has 2 fully saturated rings. The molecular weight excluding hydrogens is 334 g/mol. The van der Waals surface area contributed by atoms with E-state index in [4.69, 9.17) is 0 Å². The molecule has 1 aromatic rings. The predicted molar refractivity (Wildman–Crippen MR) is 94.4 cm³/mol. The van der Waals surface area contributed by atoms with Gasteiger partial charge in [-0.2, -0.15) is 0 Å². The Morgan fingerprint density at radius 3 is 2.26 bits per heavy atom. The van der Waals surface area contributed by atoms with Gasteiger partial charge in [-0.3, -0.25) is 9.59 Å². The topological polar surface area (TPSA) is 52.7 Å². The van der Waals surface area contributed by atoms with Crippen molar-refractivity contribution in [2.45, 2.75) is 19.8 Å². The third-order valence-corrected chi connectivity index (χ3v) is 5.51. The van der Waals surface area contributed by atoms with Crippen LogP contribution in [0, 0.1) is 12.8 Å². The fourth-order valence-electron chi connectivity index (χ4n) is 3.16. The van der Waals surface area contributed by atoms with Gasteiger partial charge in [0.1, 0.15) is 0 Å². The van der Waals surface area contributed by atoms with Crippen molar-refractivity contribution in [3.05, 3.63) is 21.9 Å². The van der Waals surface area contributed by atoms with Crippen molar-refractivity contribution in [1.29, 1.82) is 0 Å². The van der Waals surface area contributed by atoms with E-state index in [1.165, 1.54) is 0 Å². The van der Waals surface area contributed by atoms with Crippen LogP contribution in [0.15, 0.2) is 12.1 Å². The molecule has 0 saturated carbocycles. The number of hydrogen-bond donors (Lipinski definition) is 1. The van der Waals surface area contributed by atoms with E-state index in [0.717, 1.165) is 35.7 Å². The molecule has 1 N–H and O–H groups in total. The van der Waals surface area contributed by atoms with E-state index in [-0.39, 0.29) is 30.1 Å². The third-order valence-electron chi connectivity index (χ3n) is 4.52. The molecule has 2 aliphatic rings. The molecule has 2 saturated heterocycles. The van der Waals surface area contributed by atoms with Crippen LogP contribution in [-0.4, -0.2) is 60.9 Å². The Balaban J connectivity index is 0.00000192. The molecule has 3 heterocycles. The second-order valence-corrected chi connectivity index (χ2v) is 7.34. The first-order valence-electron chi connectivity index (χ1n) is 8.00. The quantitative estimate of drug-likeness (QED) is 0.877. The number of hydrogen-bond acceptors (Lipinski definition) is 4. The highest BCUT2D eigenvalue weighted by Crippen LogP contribution is 2.20. The third kappa shape index (κ3) is 4.25. The maximum atomic E-state index is 12.5. The Hall–Kier alpha value is -1.11. The molecule has 3 rings (SSSR count). The molecule has 5 nitrogen and oxygen atoms in total. The van der Waals surface area contributed by atoms with Crippen LogP contribution in [0.2, 0.25) is 0 Å². The van der Waals surface area contributed by atoms with Gasteiger partial charge in [-0.15, -0.1) is 23.7 Å². The lowest BCUT2D eigenvalue weighted by Gasteiger charge is -2.37. The fraction of sp³-hybridized carbons (Fsp3) is 0.625. The van der Waals surface area contributed by atoms with Crippen LogP contribution < -0.4 is 5.32 Å². The maximum absolute atomic E-state index is 12.5. The summed E-state index contributed by atoms with van der Waals surface area (Å²) in [4.78, 5) is 30.7. The molecule has 0 atom stereocenters. The molecule has 0 unspecified atom stereocenters. The lowest BCUT2D eigenvalue weighted by Crippen LogP contribution is -2.52. The van der Waals surface area contributed by atoms with Gasteiger partial charge in [0.15, 0.2) is 0 Å². The van der Waals surface area contributed by atoms with Crippen LogP contribution in [0.4, 0.5) is 0 Å². The summed E-state index contributed by atoms with van der Waals surface area (Å²) in [6.07, 6.45) is 1.87. The summed E-state index contributed by atoms with van der Waals surface area (Å²) in [6, 6.07) is 3.88. The Kier molecular flexibility index (Phi) is 6.44. The summed E-state index contributed by atoms with van der Waals surface area (Å²) < 4.78 is 0. The van der Waals surface area contributed by atoms with Crippen molar-refractivity contribution in [2.75, 3.05) is 39.3 Å². The number of piperidine rings is 1. The molecule has 0 aliphatic carbocycles. The van der Waals surface area contributed by atoms with Crippen molar-refractivity contribution in [3.8, 4) is 0 Å². The van der Waals surface area contributed by atoms with Gasteiger partial charge in [0.2, 0.25) is 5.91 Å². The summed E-state index contributed by atoms with van der Waals surface area (Å²) in [6.45, 7) is 6.51. The Morgan fingerprint density at radius 2 is 1.70 bits per heavy atom. The molecule has 0 bridgehead atoms. The van der Waals surface area contributed by atoms with Crippen LogP contribution in [0.1, 0.15) is 27.4 Å². The fourth-order valence-corrected chi connectivity index (χ4v) is 4.00. The monoisotopic (exact) mass is 357 g/mol. The second kappa shape index (κ2) is 8.13. The molecule has 7 heteroatoms. The van der Waals surface area contributed by atoms with Crippen LogP contribution in [-0.2, 0) is 4.79 Å².